The number of alkyl halides is 3. The topological polar surface area (TPSA) is 63.6 Å². The van der Waals surface area contributed by atoms with E-state index < -0.39 is 45.5 Å². The van der Waals surface area contributed by atoms with E-state index in [4.69, 9.17) is 34.5 Å². The van der Waals surface area contributed by atoms with Crippen molar-refractivity contribution in [3.05, 3.63) is 75.3 Å². The number of aromatic nitrogens is 1. The van der Waals surface area contributed by atoms with Gasteiger partial charge in [0.1, 0.15) is 0 Å². The van der Waals surface area contributed by atoms with Crippen LogP contribution in [0.15, 0.2) is 47.9 Å². The number of fused-ring (bicyclic) bond motifs is 1. The highest BCUT2D eigenvalue weighted by Gasteiger charge is 2.62. The number of pyridine rings is 1. The Morgan fingerprint density at radius 3 is 2.56 bits per heavy atom. The maximum Gasteiger partial charge on any atom is 0.435 e. The zero-order valence-electron chi connectivity index (χ0n) is 17.0. The van der Waals surface area contributed by atoms with Crippen molar-refractivity contribution in [2.45, 2.75) is 18.2 Å². The summed E-state index contributed by atoms with van der Waals surface area (Å²) in [5.74, 6) is 0.784. The van der Waals surface area contributed by atoms with Crippen molar-refractivity contribution in [2.24, 2.45) is 5.16 Å². The molecule has 1 aliphatic heterocycles. The minimum atomic E-state index is -4.95. The Bertz CT molecular complexity index is 1360. The Morgan fingerprint density at radius 2 is 1.91 bits per heavy atom. The molecule has 0 bridgehead atoms. The number of amides is 1. The zero-order chi connectivity index (χ0) is 24.7. The summed E-state index contributed by atoms with van der Waals surface area (Å²) < 4.78 is 56.8. The standard InChI is InChI=1S/C23H13Cl2F4N3O2/c1-2-6-31-21(33)15-4-3-14(13-5-7-30-11-16(13)15)19-10-22(34-32-19,23(27,28)29)12-8-17(24)20(26)18(25)9-12/h1,3-5,7-9,11H,6,10H2,(H,31,33). The predicted molar refractivity (Wildman–Crippen MR) is 119 cm³/mol. The van der Waals surface area contributed by atoms with Gasteiger partial charge in [-0.05, 0) is 29.7 Å². The van der Waals surface area contributed by atoms with E-state index in [0.717, 1.165) is 12.1 Å². The first-order valence-electron chi connectivity index (χ1n) is 9.64. The van der Waals surface area contributed by atoms with Crippen LogP contribution in [0.5, 0.6) is 0 Å². The minimum Gasteiger partial charge on any atom is -0.374 e. The van der Waals surface area contributed by atoms with Crippen molar-refractivity contribution < 1.29 is 27.2 Å². The van der Waals surface area contributed by atoms with Gasteiger partial charge < -0.3 is 10.2 Å². The molecular weight excluding hydrogens is 497 g/mol. The molecule has 0 saturated carbocycles. The van der Waals surface area contributed by atoms with Crippen molar-refractivity contribution >= 4 is 45.6 Å². The van der Waals surface area contributed by atoms with Crippen LogP contribution in [0.1, 0.15) is 27.9 Å². The van der Waals surface area contributed by atoms with Gasteiger partial charge in [0.15, 0.2) is 5.82 Å². The molecule has 1 N–H and O–H groups in total. The molecule has 2 aromatic carbocycles. The molecular formula is C23H13Cl2F4N3O2. The molecule has 34 heavy (non-hydrogen) atoms. The van der Waals surface area contributed by atoms with E-state index in [9.17, 15) is 22.4 Å². The largest absolute Gasteiger partial charge is 0.435 e. The molecule has 1 aromatic heterocycles. The lowest BCUT2D eigenvalue weighted by Crippen LogP contribution is -2.42. The van der Waals surface area contributed by atoms with Crippen LogP contribution in [0.4, 0.5) is 17.6 Å². The van der Waals surface area contributed by atoms with E-state index in [1.54, 1.807) is 6.07 Å². The first kappa shape index (κ1) is 23.8. The van der Waals surface area contributed by atoms with Gasteiger partial charge in [0.25, 0.3) is 11.5 Å². The second kappa shape index (κ2) is 8.78. The van der Waals surface area contributed by atoms with Crippen LogP contribution in [0.3, 0.4) is 0 Å². The first-order valence-corrected chi connectivity index (χ1v) is 10.4. The lowest BCUT2D eigenvalue weighted by atomic mass is 9.85. The van der Waals surface area contributed by atoms with Crippen LogP contribution in [-0.2, 0) is 10.4 Å². The molecule has 1 amide bonds. The quantitative estimate of drug-likeness (QED) is 0.282. The summed E-state index contributed by atoms with van der Waals surface area (Å²) in [4.78, 5) is 21.5. The Kier molecular flexibility index (Phi) is 6.14. The third kappa shape index (κ3) is 3.93. The fourth-order valence-electron chi connectivity index (χ4n) is 3.70. The second-order valence-electron chi connectivity index (χ2n) is 7.35. The van der Waals surface area contributed by atoms with E-state index in [1.165, 1.54) is 24.5 Å². The summed E-state index contributed by atoms with van der Waals surface area (Å²) in [6.07, 6.45) is 2.33. The van der Waals surface area contributed by atoms with Gasteiger partial charge in [-0.1, -0.05) is 40.3 Å². The average Bonchev–Trinajstić information content (AvgIpc) is 3.26. The van der Waals surface area contributed by atoms with Crippen molar-refractivity contribution in [1.29, 1.82) is 0 Å². The molecule has 3 aromatic rings. The Hall–Kier alpha value is -3.35. The number of terminal acetylenes is 1. The molecule has 0 fully saturated rings. The van der Waals surface area contributed by atoms with E-state index in [-0.39, 0.29) is 17.8 Å². The van der Waals surface area contributed by atoms with Crippen LogP contribution < -0.4 is 5.32 Å². The van der Waals surface area contributed by atoms with Gasteiger partial charge in [-0.2, -0.15) is 13.2 Å². The van der Waals surface area contributed by atoms with Crippen LogP contribution >= 0.6 is 23.2 Å². The molecule has 1 unspecified atom stereocenters. The number of rotatable bonds is 4. The Labute approximate surface area is 200 Å². The maximum atomic E-state index is 14.3. The van der Waals surface area contributed by atoms with Gasteiger partial charge in [0, 0.05) is 40.9 Å². The van der Waals surface area contributed by atoms with Crippen LogP contribution in [-0.4, -0.2) is 29.3 Å². The van der Waals surface area contributed by atoms with Crippen molar-refractivity contribution in [2.75, 3.05) is 6.54 Å². The molecule has 0 saturated heterocycles. The van der Waals surface area contributed by atoms with Gasteiger partial charge in [-0.3, -0.25) is 9.78 Å². The molecule has 174 valence electrons. The number of halogens is 6. The van der Waals surface area contributed by atoms with Crippen molar-refractivity contribution in [3.8, 4) is 12.3 Å². The first-order chi connectivity index (χ1) is 16.1. The molecule has 0 radical (unpaired) electrons. The monoisotopic (exact) mass is 509 g/mol. The number of oxime groups is 1. The lowest BCUT2D eigenvalue weighted by molar-refractivity contribution is -0.275. The number of carbonyl (C=O) groups is 1. The van der Waals surface area contributed by atoms with Gasteiger partial charge in [0.05, 0.1) is 22.3 Å². The molecule has 1 aliphatic rings. The van der Waals surface area contributed by atoms with E-state index in [0.29, 0.717) is 16.3 Å². The van der Waals surface area contributed by atoms with Crippen LogP contribution in [0, 0.1) is 18.2 Å². The molecule has 0 spiro atoms. The third-order valence-electron chi connectivity index (χ3n) is 5.36. The van der Waals surface area contributed by atoms with E-state index >= 15 is 0 Å². The number of nitrogens with zero attached hydrogens (tertiary/aromatic N) is 2. The zero-order valence-corrected chi connectivity index (χ0v) is 18.5. The number of carbonyl (C=O) groups excluding carboxylic acids is 1. The second-order valence-corrected chi connectivity index (χ2v) is 8.17. The average molecular weight is 510 g/mol. The lowest BCUT2D eigenvalue weighted by Gasteiger charge is -2.29. The van der Waals surface area contributed by atoms with E-state index in [1.807, 2.05) is 0 Å². The molecule has 11 heteroatoms. The maximum absolute atomic E-state index is 14.3. The smallest absolute Gasteiger partial charge is 0.374 e. The van der Waals surface area contributed by atoms with Crippen LogP contribution in [0.25, 0.3) is 10.8 Å². The highest BCUT2D eigenvalue weighted by Crippen LogP contribution is 2.50. The Morgan fingerprint density at radius 1 is 1.21 bits per heavy atom. The number of nitrogens with one attached hydrogen (secondary N) is 1. The summed E-state index contributed by atoms with van der Waals surface area (Å²) in [6, 6.07) is 6.08. The summed E-state index contributed by atoms with van der Waals surface area (Å²) in [7, 11) is 0. The predicted octanol–water partition coefficient (Wildman–Crippen LogP) is 5.63. The minimum absolute atomic E-state index is 0.000218. The molecule has 1 atom stereocenters. The fraction of sp³-hybridized carbons (Fsp3) is 0.174. The summed E-state index contributed by atoms with van der Waals surface area (Å²) in [5, 5.41) is 5.92. The molecule has 2 heterocycles. The number of hydrogen-bond donors (Lipinski definition) is 1. The van der Waals surface area contributed by atoms with Crippen molar-refractivity contribution in [1.82, 2.24) is 10.3 Å². The summed E-state index contributed by atoms with van der Waals surface area (Å²) in [5.41, 5.74) is -2.94. The number of benzene rings is 2. The van der Waals surface area contributed by atoms with Gasteiger partial charge in [0.2, 0.25) is 0 Å². The molecule has 4 rings (SSSR count). The molecule has 5 nitrogen and oxygen atoms in total. The van der Waals surface area contributed by atoms with Gasteiger partial charge in [-0.15, -0.1) is 6.42 Å². The van der Waals surface area contributed by atoms with Crippen molar-refractivity contribution in [3.63, 3.8) is 0 Å². The Balaban J connectivity index is 1.80. The summed E-state index contributed by atoms with van der Waals surface area (Å²) in [6.45, 7) is -0.000218. The normalized spacial score (nSPS) is 17.7. The van der Waals surface area contributed by atoms with Gasteiger partial charge in [-0.25, -0.2) is 4.39 Å². The van der Waals surface area contributed by atoms with Gasteiger partial charge >= 0.3 is 6.18 Å². The SMILES string of the molecule is C#CCNC(=O)c1ccc(C2=NOC(c3cc(Cl)c(F)c(Cl)c3)(C(F)(F)F)C2)c2ccncc12. The highest BCUT2D eigenvalue weighted by molar-refractivity contribution is 6.35. The number of hydrogen-bond acceptors (Lipinski definition) is 4. The summed E-state index contributed by atoms with van der Waals surface area (Å²) >= 11 is 11.5. The fourth-order valence-corrected chi connectivity index (χ4v) is 4.19. The molecule has 0 aliphatic carbocycles. The third-order valence-corrected chi connectivity index (χ3v) is 5.91. The highest BCUT2D eigenvalue weighted by atomic mass is 35.5. The van der Waals surface area contributed by atoms with E-state index in [2.05, 4.69) is 21.4 Å². The van der Waals surface area contributed by atoms with Crippen LogP contribution in [0.2, 0.25) is 10.0 Å².